The molecule has 0 aliphatic carbocycles. The molecule has 0 spiro atoms. The predicted octanol–water partition coefficient (Wildman–Crippen LogP) is 1.84. The second-order valence-corrected chi connectivity index (χ2v) is 5.27. The van der Waals surface area contributed by atoms with Gasteiger partial charge < -0.3 is 14.6 Å². The largest absolute Gasteiger partial charge is 0.497 e. The van der Waals surface area contributed by atoms with Crippen molar-refractivity contribution in [3.63, 3.8) is 0 Å². The summed E-state index contributed by atoms with van der Waals surface area (Å²) in [5.74, 6) is 0.778. The minimum atomic E-state index is -0.493. The molecule has 19 heavy (non-hydrogen) atoms. The molecule has 0 saturated carbocycles. The maximum absolute atomic E-state index is 10.3. The lowest BCUT2D eigenvalue weighted by molar-refractivity contribution is -0.0767. The molecule has 0 bridgehead atoms. The molecule has 1 saturated heterocycles. The summed E-state index contributed by atoms with van der Waals surface area (Å²) >= 11 is 0. The zero-order valence-corrected chi connectivity index (χ0v) is 11.9. The number of methoxy groups -OCH3 is 1. The van der Waals surface area contributed by atoms with Crippen LogP contribution in [-0.2, 0) is 4.74 Å². The number of β-amino-alcohol motifs (C(OH)–C–C–N with tert-alkyl or cyclic N) is 1. The van der Waals surface area contributed by atoms with Crippen LogP contribution >= 0.6 is 0 Å². The fourth-order valence-electron chi connectivity index (χ4n) is 2.63. The normalized spacial score (nSPS) is 26.1. The van der Waals surface area contributed by atoms with Gasteiger partial charge in [0.1, 0.15) is 5.75 Å². The summed E-state index contributed by atoms with van der Waals surface area (Å²) in [6, 6.07) is 7.61. The number of hydrogen-bond donors (Lipinski definition) is 1. The summed E-state index contributed by atoms with van der Waals surface area (Å²) in [6.07, 6.45) is -0.0462. The molecule has 1 fully saturated rings. The lowest BCUT2D eigenvalue weighted by atomic mass is 10.1. The van der Waals surface area contributed by atoms with Gasteiger partial charge in [0.25, 0.3) is 0 Å². The molecule has 0 aromatic heterocycles. The van der Waals surface area contributed by atoms with Crippen LogP contribution in [0.4, 0.5) is 0 Å². The average molecular weight is 265 g/mol. The van der Waals surface area contributed by atoms with Crippen molar-refractivity contribution in [2.75, 3.05) is 26.7 Å². The first-order chi connectivity index (χ1) is 9.08. The van der Waals surface area contributed by atoms with Gasteiger partial charge in [-0.3, -0.25) is 4.90 Å². The third-order valence-corrected chi connectivity index (χ3v) is 3.40. The van der Waals surface area contributed by atoms with Crippen molar-refractivity contribution in [2.24, 2.45) is 0 Å². The molecule has 3 atom stereocenters. The van der Waals surface area contributed by atoms with Crippen LogP contribution in [0, 0.1) is 0 Å². The maximum Gasteiger partial charge on any atom is 0.119 e. The van der Waals surface area contributed by atoms with Gasteiger partial charge in [-0.05, 0) is 31.5 Å². The molecule has 106 valence electrons. The second-order valence-electron chi connectivity index (χ2n) is 5.27. The van der Waals surface area contributed by atoms with E-state index in [9.17, 15) is 5.11 Å². The van der Waals surface area contributed by atoms with Crippen molar-refractivity contribution in [1.82, 2.24) is 4.90 Å². The molecular weight excluding hydrogens is 242 g/mol. The van der Waals surface area contributed by atoms with E-state index < -0.39 is 6.10 Å². The van der Waals surface area contributed by atoms with Gasteiger partial charge in [0.2, 0.25) is 0 Å². The fraction of sp³-hybridized carbons (Fsp3) is 0.600. The first kappa shape index (κ1) is 14.3. The van der Waals surface area contributed by atoms with E-state index >= 15 is 0 Å². The van der Waals surface area contributed by atoms with Crippen molar-refractivity contribution in [1.29, 1.82) is 0 Å². The van der Waals surface area contributed by atoms with Gasteiger partial charge in [0, 0.05) is 19.6 Å². The van der Waals surface area contributed by atoms with Crippen LogP contribution in [0.5, 0.6) is 5.75 Å². The van der Waals surface area contributed by atoms with Gasteiger partial charge in [0.05, 0.1) is 25.4 Å². The Morgan fingerprint density at radius 1 is 1.37 bits per heavy atom. The van der Waals surface area contributed by atoms with Crippen LogP contribution in [0.15, 0.2) is 24.3 Å². The van der Waals surface area contributed by atoms with Crippen molar-refractivity contribution >= 4 is 0 Å². The van der Waals surface area contributed by atoms with E-state index in [1.54, 1.807) is 7.11 Å². The highest BCUT2D eigenvalue weighted by atomic mass is 16.5. The van der Waals surface area contributed by atoms with E-state index in [0.717, 1.165) is 24.4 Å². The zero-order valence-electron chi connectivity index (χ0n) is 11.9. The van der Waals surface area contributed by atoms with Crippen molar-refractivity contribution in [3.8, 4) is 5.75 Å². The molecule has 4 heteroatoms. The predicted molar refractivity (Wildman–Crippen MR) is 74.4 cm³/mol. The fourth-order valence-corrected chi connectivity index (χ4v) is 2.63. The Morgan fingerprint density at radius 2 is 2.05 bits per heavy atom. The molecule has 1 aromatic carbocycles. The molecular formula is C15H23NO3. The number of aliphatic hydroxyl groups excluding tert-OH is 1. The van der Waals surface area contributed by atoms with E-state index in [0.29, 0.717) is 6.54 Å². The van der Waals surface area contributed by atoms with Gasteiger partial charge in [-0.15, -0.1) is 0 Å². The van der Waals surface area contributed by atoms with Crippen LogP contribution in [0.25, 0.3) is 0 Å². The molecule has 2 rings (SSSR count). The van der Waals surface area contributed by atoms with Crippen molar-refractivity contribution in [3.05, 3.63) is 29.8 Å². The van der Waals surface area contributed by atoms with Crippen LogP contribution in [0.3, 0.4) is 0 Å². The van der Waals surface area contributed by atoms with Crippen LogP contribution in [0.1, 0.15) is 25.5 Å². The molecule has 4 nitrogen and oxygen atoms in total. The third kappa shape index (κ3) is 3.93. The highest BCUT2D eigenvalue weighted by Crippen LogP contribution is 2.21. The Morgan fingerprint density at radius 3 is 2.68 bits per heavy atom. The van der Waals surface area contributed by atoms with E-state index in [1.807, 2.05) is 24.3 Å². The summed E-state index contributed by atoms with van der Waals surface area (Å²) in [5.41, 5.74) is 0.895. The summed E-state index contributed by atoms with van der Waals surface area (Å²) < 4.78 is 10.9. The first-order valence-electron chi connectivity index (χ1n) is 6.78. The SMILES string of the molecule is COc1cccc(C(O)CN2CC(C)OC(C)C2)c1. The Hall–Kier alpha value is -1.10. The number of nitrogens with zero attached hydrogens (tertiary/aromatic N) is 1. The highest BCUT2D eigenvalue weighted by molar-refractivity contribution is 5.29. The topological polar surface area (TPSA) is 41.9 Å². The van der Waals surface area contributed by atoms with Gasteiger partial charge in [-0.1, -0.05) is 12.1 Å². The van der Waals surface area contributed by atoms with E-state index in [1.165, 1.54) is 0 Å². The smallest absolute Gasteiger partial charge is 0.119 e. The Bertz CT molecular complexity index is 400. The van der Waals surface area contributed by atoms with E-state index in [-0.39, 0.29) is 12.2 Å². The number of benzene rings is 1. The Kier molecular flexibility index (Phi) is 4.80. The van der Waals surface area contributed by atoms with E-state index in [4.69, 9.17) is 9.47 Å². The maximum atomic E-state index is 10.3. The van der Waals surface area contributed by atoms with Crippen LogP contribution in [0.2, 0.25) is 0 Å². The van der Waals surface area contributed by atoms with E-state index in [2.05, 4.69) is 18.7 Å². The summed E-state index contributed by atoms with van der Waals surface area (Å²) in [4.78, 5) is 2.25. The molecule has 1 aromatic rings. The lowest BCUT2D eigenvalue weighted by Gasteiger charge is -2.36. The zero-order chi connectivity index (χ0) is 13.8. The van der Waals surface area contributed by atoms with Gasteiger partial charge in [-0.2, -0.15) is 0 Å². The molecule has 0 amide bonds. The number of rotatable bonds is 4. The lowest BCUT2D eigenvalue weighted by Crippen LogP contribution is -2.46. The van der Waals surface area contributed by atoms with Crippen molar-refractivity contribution in [2.45, 2.75) is 32.2 Å². The molecule has 3 unspecified atom stereocenters. The number of hydrogen-bond acceptors (Lipinski definition) is 4. The minimum absolute atomic E-state index is 0.223. The minimum Gasteiger partial charge on any atom is -0.497 e. The summed E-state index contributed by atoms with van der Waals surface area (Å²) in [5, 5.41) is 10.3. The van der Waals surface area contributed by atoms with Crippen LogP contribution < -0.4 is 4.74 Å². The Labute approximate surface area is 114 Å². The van der Waals surface area contributed by atoms with Gasteiger partial charge >= 0.3 is 0 Å². The van der Waals surface area contributed by atoms with Crippen molar-refractivity contribution < 1.29 is 14.6 Å². The molecule has 1 aliphatic rings. The Balaban J connectivity index is 1.97. The monoisotopic (exact) mass is 265 g/mol. The highest BCUT2D eigenvalue weighted by Gasteiger charge is 2.24. The number of morpholine rings is 1. The summed E-state index contributed by atoms with van der Waals surface area (Å²) in [6.45, 7) is 6.50. The molecule has 1 heterocycles. The molecule has 1 N–H and O–H groups in total. The third-order valence-electron chi connectivity index (χ3n) is 3.40. The number of ether oxygens (including phenoxy) is 2. The standard InChI is InChI=1S/C15H23NO3/c1-11-8-16(9-12(2)19-11)10-15(17)13-5-4-6-14(7-13)18-3/h4-7,11-12,15,17H,8-10H2,1-3H3. The summed E-state index contributed by atoms with van der Waals surface area (Å²) in [7, 11) is 1.64. The van der Waals surface area contributed by atoms with Crippen LogP contribution in [-0.4, -0.2) is 49.0 Å². The van der Waals surface area contributed by atoms with Gasteiger partial charge in [-0.25, -0.2) is 0 Å². The quantitative estimate of drug-likeness (QED) is 0.902. The molecule has 1 aliphatic heterocycles. The number of aliphatic hydroxyl groups is 1. The average Bonchev–Trinajstić information content (AvgIpc) is 2.37. The first-order valence-corrected chi connectivity index (χ1v) is 6.78. The molecule has 0 radical (unpaired) electrons. The van der Waals surface area contributed by atoms with Gasteiger partial charge in [0.15, 0.2) is 0 Å². The second kappa shape index (κ2) is 6.37.